The normalized spacial score (nSPS) is 11.9. The summed E-state index contributed by atoms with van der Waals surface area (Å²) in [6, 6.07) is 14.1. The average Bonchev–Trinajstić information content (AvgIpc) is 2.49. The predicted octanol–water partition coefficient (Wildman–Crippen LogP) is 3.48. The molecule has 0 aromatic heterocycles. The molecule has 110 valence electrons. The van der Waals surface area contributed by atoms with E-state index in [4.69, 9.17) is 16.3 Å². The zero-order valence-corrected chi connectivity index (χ0v) is 13.1. The van der Waals surface area contributed by atoms with Gasteiger partial charge in [-0.1, -0.05) is 35.9 Å². The molecule has 1 unspecified atom stereocenters. The molecular weight excluding hydrogens is 308 g/mol. The van der Waals surface area contributed by atoms with Crippen LogP contribution < -0.4 is 4.74 Å². The van der Waals surface area contributed by atoms with Crippen LogP contribution in [-0.2, 0) is 16.6 Å². The molecule has 0 heterocycles. The van der Waals surface area contributed by atoms with E-state index in [0.717, 1.165) is 5.56 Å². The minimum absolute atomic E-state index is 0.0248. The Morgan fingerprint density at radius 3 is 2.48 bits per heavy atom. The van der Waals surface area contributed by atoms with Gasteiger partial charge in [0, 0.05) is 21.6 Å². The smallest absolute Gasteiger partial charge is 0.179 e. The number of carbonyl (C=O) groups excluding carboxylic acids is 1. The third-order valence-electron chi connectivity index (χ3n) is 2.94. The third-order valence-corrected chi connectivity index (χ3v) is 4.43. The molecule has 2 rings (SSSR count). The second kappa shape index (κ2) is 7.38. The molecular formula is C16H15ClO3S. The molecule has 2 aromatic carbocycles. The van der Waals surface area contributed by atoms with Gasteiger partial charge < -0.3 is 4.74 Å². The number of ether oxygens (including phenoxy) is 1. The van der Waals surface area contributed by atoms with Crippen molar-refractivity contribution in [2.24, 2.45) is 0 Å². The number of methoxy groups -OCH3 is 1. The van der Waals surface area contributed by atoms with Crippen molar-refractivity contribution in [3.05, 3.63) is 64.7 Å². The van der Waals surface area contributed by atoms with Gasteiger partial charge in [-0.3, -0.25) is 9.00 Å². The first-order valence-electron chi connectivity index (χ1n) is 6.36. The monoisotopic (exact) mass is 322 g/mol. The Bertz CT molecular complexity index is 653. The van der Waals surface area contributed by atoms with Crippen molar-refractivity contribution in [2.75, 3.05) is 12.9 Å². The number of halogens is 1. The van der Waals surface area contributed by atoms with E-state index in [0.29, 0.717) is 22.1 Å². The van der Waals surface area contributed by atoms with Gasteiger partial charge in [0.15, 0.2) is 5.78 Å². The van der Waals surface area contributed by atoms with Crippen molar-refractivity contribution >= 4 is 28.2 Å². The van der Waals surface area contributed by atoms with Gasteiger partial charge in [-0.05, 0) is 29.8 Å². The summed E-state index contributed by atoms with van der Waals surface area (Å²) in [6.45, 7) is 0. The summed E-state index contributed by atoms with van der Waals surface area (Å²) in [5.41, 5.74) is 1.36. The van der Waals surface area contributed by atoms with Crippen LogP contribution in [0.3, 0.4) is 0 Å². The molecule has 2 aromatic rings. The molecule has 0 aliphatic rings. The fraction of sp³-hybridized carbons (Fsp3) is 0.188. The largest absolute Gasteiger partial charge is 0.496 e. The van der Waals surface area contributed by atoms with Crippen LogP contribution in [0, 0.1) is 0 Å². The van der Waals surface area contributed by atoms with Crippen molar-refractivity contribution in [3.63, 3.8) is 0 Å². The van der Waals surface area contributed by atoms with E-state index in [1.165, 1.54) is 7.11 Å². The standard InChI is InChI=1S/C16H15ClO3S/c1-20-16-5-3-2-4-14(16)15(18)11-21(19)10-12-6-8-13(17)9-7-12/h2-9H,10-11H2,1H3. The van der Waals surface area contributed by atoms with Crippen LogP contribution in [0.15, 0.2) is 48.5 Å². The lowest BCUT2D eigenvalue weighted by Crippen LogP contribution is -2.13. The van der Waals surface area contributed by atoms with Crippen LogP contribution in [0.25, 0.3) is 0 Å². The van der Waals surface area contributed by atoms with E-state index in [-0.39, 0.29) is 11.5 Å². The molecule has 5 heteroatoms. The van der Waals surface area contributed by atoms with Gasteiger partial charge in [0.05, 0.1) is 18.4 Å². The number of Topliss-reactive ketones (excluding diaryl/α,β-unsaturated/α-hetero) is 1. The fourth-order valence-corrected chi connectivity index (χ4v) is 3.16. The van der Waals surface area contributed by atoms with E-state index in [1.54, 1.807) is 36.4 Å². The van der Waals surface area contributed by atoms with Crippen molar-refractivity contribution in [1.29, 1.82) is 0 Å². The first-order valence-corrected chi connectivity index (χ1v) is 8.22. The van der Waals surface area contributed by atoms with Gasteiger partial charge in [-0.2, -0.15) is 0 Å². The predicted molar refractivity (Wildman–Crippen MR) is 85.5 cm³/mol. The Labute approximate surface area is 131 Å². The van der Waals surface area contributed by atoms with Gasteiger partial charge in [0.1, 0.15) is 5.75 Å². The average molecular weight is 323 g/mol. The molecule has 0 N–H and O–H groups in total. The van der Waals surface area contributed by atoms with Crippen LogP contribution in [0.1, 0.15) is 15.9 Å². The topological polar surface area (TPSA) is 43.4 Å². The number of rotatable bonds is 6. The summed E-state index contributed by atoms with van der Waals surface area (Å²) in [4.78, 5) is 12.2. The molecule has 0 aliphatic heterocycles. The summed E-state index contributed by atoms with van der Waals surface area (Å²) in [5, 5.41) is 0.634. The number of hydrogen-bond donors (Lipinski definition) is 0. The maximum atomic E-state index is 12.2. The lowest BCUT2D eigenvalue weighted by Gasteiger charge is -2.07. The van der Waals surface area contributed by atoms with Crippen LogP contribution in [0.4, 0.5) is 0 Å². The maximum absolute atomic E-state index is 12.2. The van der Waals surface area contributed by atoms with Crippen LogP contribution in [0.2, 0.25) is 5.02 Å². The van der Waals surface area contributed by atoms with Crippen LogP contribution >= 0.6 is 11.6 Å². The minimum atomic E-state index is -1.27. The van der Waals surface area contributed by atoms with E-state index in [9.17, 15) is 9.00 Å². The van der Waals surface area contributed by atoms with Gasteiger partial charge >= 0.3 is 0 Å². The Hall–Kier alpha value is -1.65. The highest BCUT2D eigenvalue weighted by Gasteiger charge is 2.15. The number of hydrogen-bond acceptors (Lipinski definition) is 3. The number of ketones is 1. The first-order chi connectivity index (χ1) is 10.1. The van der Waals surface area contributed by atoms with Crippen molar-refractivity contribution in [1.82, 2.24) is 0 Å². The summed E-state index contributed by atoms with van der Waals surface area (Å²) < 4.78 is 17.2. The Balaban J connectivity index is 2.02. The highest BCUT2D eigenvalue weighted by Crippen LogP contribution is 2.18. The molecule has 0 saturated carbocycles. The number of carbonyl (C=O) groups is 1. The SMILES string of the molecule is COc1ccccc1C(=O)CS(=O)Cc1ccc(Cl)cc1. The van der Waals surface area contributed by atoms with Gasteiger partial charge in [0.2, 0.25) is 0 Å². The highest BCUT2D eigenvalue weighted by atomic mass is 35.5. The number of para-hydroxylation sites is 1. The van der Waals surface area contributed by atoms with Gasteiger partial charge in [-0.15, -0.1) is 0 Å². The van der Waals surface area contributed by atoms with E-state index in [1.807, 2.05) is 12.1 Å². The van der Waals surface area contributed by atoms with Gasteiger partial charge in [0.25, 0.3) is 0 Å². The Morgan fingerprint density at radius 1 is 1.14 bits per heavy atom. The lowest BCUT2D eigenvalue weighted by atomic mass is 10.1. The quantitative estimate of drug-likeness (QED) is 0.765. The Kier molecular flexibility index (Phi) is 5.53. The molecule has 0 saturated heterocycles. The molecule has 0 bridgehead atoms. The molecule has 1 atom stereocenters. The fourth-order valence-electron chi connectivity index (χ4n) is 1.92. The molecule has 0 spiro atoms. The molecule has 0 amide bonds. The second-order valence-electron chi connectivity index (χ2n) is 4.48. The minimum Gasteiger partial charge on any atom is -0.496 e. The van der Waals surface area contributed by atoms with E-state index in [2.05, 4.69) is 0 Å². The zero-order valence-electron chi connectivity index (χ0n) is 11.5. The summed E-state index contributed by atoms with van der Waals surface area (Å²) in [5.74, 6) is 0.631. The van der Waals surface area contributed by atoms with E-state index >= 15 is 0 Å². The van der Waals surface area contributed by atoms with Crippen molar-refractivity contribution < 1.29 is 13.7 Å². The second-order valence-corrected chi connectivity index (χ2v) is 6.37. The lowest BCUT2D eigenvalue weighted by molar-refractivity contribution is 0.101. The third kappa shape index (κ3) is 4.41. The highest BCUT2D eigenvalue weighted by molar-refractivity contribution is 7.85. The van der Waals surface area contributed by atoms with Crippen LogP contribution in [-0.4, -0.2) is 22.9 Å². The maximum Gasteiger partial charge on any atom is 0.179 e. The number of benzene rings is 2. The molecule has 0 aliphatic carbocycles. The summed E-state index contributed by atoms with van der Waals surface area (Å²) in [7, 11) is 0.244. The zero-order chi connectivity index (χ0) is 15.2. The summed E-state index contributed by atoms with van der Waals surface area (Å²) >= 11 is 5.80. The van der Waals surface area contributed by atoms with E-state index < -0.39 is 10.8 Å². The van der Waals surface area contributed by atoms with Crippen molar-refractivity contribution in [3.8, 4) is 5.75 Å². The Morgan fingerprint density at radius 2 is 1.81 bits per heavy atom. The molecule has 21 heavy (non-hydrogen) atoms. The molecule has 0 radical (unpaired) electrons. The van der Waals surface area contributed by atoms with Crippen LogP contribution in [0.5, 0.6) is 5.75 Å². The molecule has 0 fully saturated rings. The first kappa shape index (κ1) is 15.7. The molecule has 3 nitrogen and oxygen atoms in total. The summed E-state index contributed by atoms with van der Waals surface area (Å²) in [6.07, 6.45) is 0. The van der Waals surface area contributed by atoms with Gasteiger partial charge in [-0.25, -0.2) is 0 Å². The van der Waals surface area contributed by atoms with Crippen molar-refractivity contribution in [2.45, 2.75) is 5.75 Å².